The average Bonchev–Trinajstić information content (AvgIpc) is 3.21. The summed E-state index contributed by atoms with van der Waals surface area (Å²) in [5.74, 6) is 2.65. The predicted octanol–water partition coefficient (Wildman–Crippen LogP) is 3.54. The van der Waals surface area contributed by atoms with E-state index in [2.05, 4.69) is 61.4 Å². The van der Waals surface area contributed by atoms with Crippen LogP contribution in [0.15, 0.2) is 41.7 Å². The Morgan fingerprint density at radius 2 is 2.07 bits per heavy atom. The topological polar surface area (TPSA) is 68.7 Å². The van der Waals surface area contributed by atoms with Crippen molar-refractivity contribution >= 4 is 53.2 Å². The molecule has 0 radical (unpaired) electrons. The molecule has 2 aromatic heterocycles. The number of hydrogen-bond donors (Lipinski definition) is 2. The Bertz CT molecular complexity index is 811. The Kier molecular flexibility index (Phi) is 9.90. The lowest BCUT2D eigenvalue weighted by Gasteiger charge is -2.21. The van der Waals surface area contributed by atoms with E-state index >= 15 is 0 Å². The summed E-state index contributed by atoms with van der Waals surface area (Å²) in [4.78, 5) is 17.8. The number of nitrogens with zero attached hydrogens (tertiary/aromatic N) is 5. The highest BCUT2D eigenvalue weighted by Gasteiger charge is 2.25. The van der Waals surface area contributed by atoms with Gasteiger partial charge in [0.25, 0.3) is 0 Å². The molecular formula is C21H31ClIN7. The summed E-state index contributed by atoms with van der Waals surface area (Å²) >= 11 is 6.28. The van der Waals surface area contributed by atoms with Gasteiger partial charge in [-0.2, -0.15) is 0 Å². The fraction of sp³-hybridized carbons (Fsp3) is 0.476. The maximum absolute atomic E-state index is 6.28. The van der Waals surface area contributed by atoms with Gasteiger partial charge in [-0.1, -0.05) is 17.7 Å². The van der Waals surface area contributed by atoms with Crippen molar-refractivity contribution in [2.45, 2.75) is 32.9 Å². The van der Waals surface area contributed by atoms with Crippen molar-refractivity contribution in [2.24, 2.45) is 4.99 Å². The number of anilines is 2. The summed E-state index contributed by atoms with van der Waals surface area (Å²) in [6.45, 7) is 8.64. The van der Waals surface area contributed by atoms with E-state index in [4.69, 9.17) is 11.6 Å². The first kappa shape index (κ1) is 24.5. The first-order valence-electron chi connectivity index (χ1n) is 10.2. The highest BCUT2D eigenvalue weighted by molar-refractivity contribution is 14.0. The second kappa shape index (κ2) is 12.1. The number of hydrogen-bond acceptors (Lipinski definition) is 5. The van der Waals surface area contributed by atoms with Crippen molar-refractivity contribution in [3.05, 3.63) is 47.2 Å². The minimum atomic E-state index is 0. The highest BCUT2D eigenvalue weighted by Crippen LogP contribution is 2.25. The molecule has 0 aromatic carbocycles. The van der Waals surface area contributed by atoms with Gasteiger partial charge in [-0.05, 0) is 44.0 Å². The van der Waals surface area contributed by atoms with Crippen LogP contribution in [0.5, 0.6) is 0 Å². The van der Waals surface area contributed by atoms with E-state index in [0.717, 1.165) is 55.8 Å². The minimum Gasteiger partial charge on any atom is -0.357 e. The molecule has 1 aliphatic heterocycles. The van der Waals surface area contributed by atoms with E-state index in [1.54, 1.807) is 13.2 Å². The summed E-state index contributed by atoms with van der Waals surface area (Å²) < 4.78 is 0. The van der Waals surface area contributed by atoms with Gasteiger partial charge >= 0.3 is 0 Å². The van der Waals surface area contributed by atoms with Gasteiger partial charge in [-0.3, -0.25) is 4.99 Å². The molecule has 0 spiro atoms. The molecule has 2 N–H and O–H groups in total. The van der Waals surface area contributed by atoms with Crippen molar-refractivity contribution < 1.29 is 0 Å². The van der Waals surface area contributed by atoms with Crippen molar-refractivity contribution in [1.82, 2.24) is 20.6 Å². The van der Waals surface area contributed by atoms with Crippen LogP contribution in [0.4, 0.5) is 11.6 Å². The zero-order valence-electron chi connectivity index (χ0n) is 17.8. The maximum atomic E-state index is 6.28. The molecule has 3 heterocycles. The summed E-state index contributed by atoms with van der Waals surface area (Å²) in [6, 6.07) is 8.22. The smallest absolute Gasteiger partial charge is 0.191 e. The summed E-state index contributed by atoms with van der Waals surface area (Å²) in [6.07, 6.45) is 4.71. The number of guanidine groups is 1. The molecule has 0 aliphatic carbocycles. The number of rotatable bonds is 7. The first-order valence-corrected chi connectivity index (χ1v) is 10.5. The molecule has 164 valence electrons. The molecule has 2 aromatic rings. The normalized spacial score (nSPS) is 16.2. The first-order chi connectivity index (χ1) is 14.1. The third kappa shape index (κ3) is 6.34. The minimum absolute atomic E-state index is 0. The van der Waals surface area contributed by atoms with Gasteiger partial charge in [0, 0.05) is 58.2 Å². The Morgan fingerprint density at radius 1 is 1.27 bits per heavy atom. The fourth-order valence-electron chi connectivity index (χ4n) is 3.51. The fourth-order valence-corrected chi connectivity index (χ4v) is 3.75. The van der Waals surface area contributed by atoms with Crippen LogP contribution in [-0.2, 0) is 6.54 Å². The van der Waals surface area contributed by atoms with E-state index < -0.39 is 0 Å². The largest absolute Gasteiger partial charge is 0.357 e. The Labute approximate surface area is 201 Å². The number of pyridine rings is 2. The maximum Gasteiger partial charge on any atom is 0.191 e. The van der Waals surface area contributed by atoms with Crippen LogP contribution in [0.25, 0.3) is 0 Å². The Morgan fingerprint density at radius 3 is 2.70 bits per heavy atom. The molecule has 1 saturated heterocycles. The molecule has 7 nitrogen and oxygen atoms in total. The summed E-state index contributed by atoms with van der Waals surface area (Å²) in [5, 5.41) is 7.57. The highest BCUT2D eigenvalue weighted by atomic mass is 127. The van der Waals surface area contributed by atoms with Crippen LogP contribution in [0.3, 0.4) is 0 Å². The SMILES string of the molecule is CCN(CC)c1ccc(CNC(=NC)NC2CCN(c3ncccc3Cl)C2)cn1.I. The third-order valence-electron chi connectivity index (χ3n) is 5.15. The lowest BCUT2D eigenvalue weighted by Crippen LogP contribution is -2.44. The lowest BCUT2D eigenvalue weighted by molar-refractivity contribution is 0.648. The van der Waals surface area contributed by atoms with E-state index in [-0.39, 0.29) is 24.0 Å². The van der Waals surface area contributed by atoms with Crippen LogP contribution < -0.4 is 20.4 Å². The van der Waals surface area contributed by atoms with Gasteiger partial charge in [-0.25, -0.2) is 9.97 Å². The van der Waals surface area contributed by atoms with E-state index in [1.165, 1.54) is 0 Å². The second-order valence-corrected chi connectivity index (χ2v) is 7.41. The molecule has 30 heavy (non-hydrogen) atoms. The van der Waals surface area contributed by atoms with Gasteiger partial charge in [0.2, 0.25) is 0 Å². The molecule has 1 unspecified atom stereocenters. The van der Waals surface area contributed by atoms with Crippen LogP contribution in [0.2, 0.25) is 5.02 Å². The summed E-state index contributed by atoms with van der Waals surface area (Å²) in [5.41, 5.74) is 1.12. The number of aliphatic imine (C=N–C) groups is 1. The molecule has 3 rings (SSSR count). The average molecular weight is 544 g/mol. The predicted molar refractivity (Wildman–Crippen MR) is 136 cm³/mol. The molecule has 1 aliphatic rings. The van der Waals surface area contributed by atoms with Gasteiger partial charge in [0.05, 0.1) is 5.02 Å². The van der Waals surface area contributed by atoms with Crippen LogP contribution in [0.1, 0.15) is 25.8 Å². The van der Waals surface area contributed by atoms with Crippen molar-refractivity contribution in [3.8, 4) is 0 Å². The van der Waals surface area contributed by atoms with Crippen molar-refractivity contribution in [1.29, 1.82) is 0 Å². The third-order valence-corrected chi connectivity index (χ3v) is 5.44. The zero-order chi connectivity index (χ0) is 20.6. The molecule has 9 heteroatoms. The lowest BCUT2D eigenvalue weighted by atomic mass is 10.2. The van der Waals surface area contributed by atoms with Gasteiger partial charge in [0.15, 0.2) is 5.96 Å². The number of aromatic nitrogens is 2. The van der Waals surface area contributed by atoms with Crippen LogP contribution in [-0.4, -0.2) is 55.2 Å². The monoisotopic (exact) mass is 543 g/mol. The quantitative estimate of drug-likeness (QED) is 0.316. The van der Waals surface area contributed by atoms with Crippen LogP contribution in [0, 0.1) is 0 Å². The molecular weight excluding hydrogens is 513 g/mol. The molecule has 0 bridgehead atoms. The van der Waals surface area contributed by atoms with Gasteiger partial charge in [0.1, 0.15) is 11.6 Å². The number of halogens is 2. The summed E-state index contributed by atoms with van der Waals surface area (Å²) in [7, 11) is 1.79. The van der Waals surface area contributed by atoms with Crippen molar-refractivity contribution in [2.75, 3.05) is 43.0 Å². The van der Waals surface area contributed by atoms with Crippen molar-refractivity contribution in [3.63, 3.8) is 0 Å². The molecule has 1 atom stereocenters. The van der Waals surface area contributed by atoms with E-state index in [0.29, 0.717) is 17.6 Å². The molecule has 1 fully saturated rings. The van der Waals surface area contributed by atoms with Crippen LogP contribution >= 0.6 is 35.6 Å². The van der Waals surface area contributed by atoms with Gasteiger partial charge < -0.3 is 20.4 Å². The van der Waals surface area contributed by atoms with Gasteiger partial charge in [-0.15, -0.1) is 24.0 Å². The zero-order valence-corrected chi connectivity index (χ0v) is 20.9. The second-order valence-electron chi connectivity index (χ2n) is 7.01. The van der Waals surface area contributed by atoms with E-state index in [1.807, 2.05) is 18.3 Å². The number of nitrogens with one attached hydrogen (secondary N) is 2. The Balaban J connectivity index is 0.00000320. The van der Waals surface area contributed by atoms with E-state index in [9.17, 15) is 0 Å². The Hall–Kier alpha value is -1.81. The molecule has 0 saturated carbocycles. The standard InChI is InChI=1S/C21H30ClN7.HI/c1-4-28(5-2)19-9-8-16(13-25-19)14-26-21(23-3)27-17-10-12-29(15-17)20-18(22)7-6-11-24-20;/h6-9,11,13,17H,4-5,10,12,14-15H2,1-3H3,(H2,23,26,27);1H. The molecule has 0 amide bonds.